The van der Waals surface area contributed by atoms with Crippen LogP contribution in [-0.2, 0) is 52.2 Å². The van der Waals surface area contributed by atoms with Crippen molar-refractivity contribution in [3.63, 3.8) is 0 Å². The number of hydrogen-bond donors (Lipinski definition) is 14. The van der Waals surface area contributed by atoms with E-state index in [0.29, 0.717) is 25.7 Å². The smallest absolute Gasteiger partial charge is 0.315 e. The molecular weight excluding hydrogens is 1100 g/mol. The van der Waals surface area contributed by atoms with Gasteiger partial charge in [-0.1, -0.05) is 60.1 Å². The third-order valence-electron chi connectivity index (χ3n) is 23.0. The van der Waals surface area contributed by atoms with Gasteiger partial charge >= 0.3 is 5.97 Å². The van der Waals surface area contributed by atoms with Crippen molar-refractivity contribution in [2.45, 2.75) is 261 Å². The predicted molar refractivity (Wildman–Crippen MR) is 282 cm³/mol. The van der Waals surface area contributed by atoms with Gasteiger partial charge in [-0.2, -0.15) is 0 Å². The molecule has 9 fully saturated rings. The van der Waals surface area contributed by atoms with Gasteiger partial charge in [-0.05, 0) is 116 Å². The highest BCUT2D eigenvalue weighted by atomic mass is 16.8. The second kappa shape index (κ2) is 23.9. The Bertz CT molecular complexity index is 2300. The summed E-state index contributed by atoms with van der Waals surface area (Å²) in [6, 6.07) is 0. The van der Waals surface area contributed by atoms with Crippen molar-refractivity contribution in [3.05, 3.63) is 11.6 Å². The Morgan fingerprint density at radius 1 is 0.566 bits per heavy atom. The number of carbonyl (C=O) groups excluding carboxylic acids is 1. The highest BCUT2D eigenvalue weighted by molar-refractivity contribution is 5.79. The van der Waals surface area contributed by atoms with E-state index < -0.39 is 177 Å². The largest absolute Gasteiger partial charge is 0.432 e. The Labute approximate surface area is 483 Å². The molecule has 0 bridgehead atoms. The van der Waals surface area contributed by atoms with Crippen molar-refractivity contribution in [1.82, 2.24) is 0 Å². The minimum atomic E-state index is -1.84. The zero-order valence-corrected chi connectivity index (χ0v) is 48.8. The maximum absolute atomic E-state index is 15.2. The van der Waals surface area contributed by atoms with E-state index in [0.717, 1.165) is 32.1 Å². The van der Waals surface area contributed by atoms with E-state index in [1.165, 1.54) is 12.5 Å². The molecule has 0 spiro atoms. The Morgan fingerprint density at radius 3 is 1.87 bits per heavy atom. The Morgan fingerprint density at radius 2 is 1.17 bits per heavy atom. The van der Waals surface area contributed by atoms with Crippen LogP contribution in [0.1, 0.15) is 113 Å². The molecule has 5 heterocycles. The predicted octanol–water partition coefficient (Wildman–Crippen LogP) is -2.05. The van der Waals surface area contributed by atoms with Crippen molar-refractivity contribution in [2.75, 3.05) is 26.4 Å². The number of carbonyl (C=O) groups is 1. The minimum Gasteiger partial charge on any atom is -0.432 e. The van der Waals surface area contributed by atoms with Crippen LogP contribution < -0.4 is 0 Å². The summed E-state index contributed by atoms with van der Waals surface area (Å²) in [5, 5.41) is 150. The molecule has 4 saturated carbocycles. The van der Waals surface area contributed by atoms with Gasteiger partial charge in [-0.25, -0.2) is 0 Å². The standard InChI is InChI=1S/C58H94O25/c1-23-11-16-58(53(73)83-51-45(72)41(68)38(65)30(79-51)22-76-48-43(70)40(67)37(64)29(19-59)78-48)18-17-56(7)26(34(58)24(23)2)9-10-32-55(6)14-13-33(54(4,5)31(55)12-15-57(32,56)8)80-52-47(82-50-44(71)39(66)35(62)25(3)77-50)46(28(61)21-75-52)81-49-42(69)36(63)27(60)20-74-49/h9,23-25,27-52,59-72H,10-22H2,1-8H3. The maximum Gasteiger partial charge on any atom is 0.315 e. The summed E-state index contributed by atoms with van der Waals surface area (Å²) < 4.78 is 60.5. The molecule has 25 heteroatoms. The summed E-state index contributed by atoms with van der Waals surface area (Å²) in [7, 11) is 0. The summed E-state index contributed by atoms with van der Waals surface area (Å²) in [6.07, 6.45) is -27.7. The molecular formula is C58H94O25. The lowest BCUT2D eigenvalue weighted by molar-refractivity contribution is -0.383. The summed E-state index contributed by atoms with van der Waals surface area (Å²) in [6.45, 7) is 15.5. The fourth-order valence-electron chi connectivity index (χ4n) is 17.5. The minimum absolute atomic E-state index is 0.0405. The molecule has 0 aromatic rings. The van der Waals surface area contributed by atoms with Crippen LogP contribution in [0.5, 0.6) is 0 Å². The topological polar surface area (TPSA) is 393 Å². The number of rotatable bonds is 12. The Hall–Kier alpha value is -1.71. The van der Waals surface area contributed by atoms with E-state index >= 15 is 4.79 Å². The van der Waals surface area contributed by atoms with Gasteiger partial charge in [0, 0.05) is 0 Å². The first-order valence-electron chi connectivity index (χ1n) is 30.1. The van der Waals surface area contributed by atoms with E-state index in [4.69, 9.17) is 47.4 Å². The molecule has 476 valence electrons. The number of ether oxygens (including phenoxy) is 10. The van der Waals surface area contributed by atoms with E-state index in [-0.39, 0.29) is 59.0 Å². The quantitative estimate of drug-likeness (QED) is 0.0568. The number of aliphatic hydroxyl groups is 14. The number of aliphatic hydroxyl groups excluding tert-OH is 14. The van der Waals surface area contributed by atoms with Crippen molar-refractivity contribution in [3.8, 4) is 0 Å². The Balaban J connectivity index is 0.873. The van der Waals surface area contributed by atoms with E-state index in [1.807, 2.05) is 0 Å². The average molecular weight is 1190 g/mol. The van der Waals surface area contributed by atoms with E-state index in [2.05, 4.69) is 54.5 Å². The van der Waals surface area contributed by atoms with Crippen LogP contribution in [0.2, 0.25) is 0 Å². The third kappa shape index (κ3) is 10.7. The fourth-order valence-corrected chi connectivity index (χ4v) is 17.5. The SMILES string of the molecule is CC1CCC2(C(=O)OC3OC(COC4OC(CO)C(O)C(O)C4O)C(O)C(O)C3O)CCC3(C)C(=CCC4C5(C)CCC(OC6OCC(O)C(OC7OCC(O)C(O)C7O)C6OC6OC(C)C(O)C(O)C6O)C(C)(C)C5CCC43C)C2C1C. The summed E-state index contributed by atoms with van der Waals surface area (Å²) in [5.74, 6) is -0.239. The molecule has 10 rings (SSSR count). The molecule has 33 unspecified atom stereocenters. The van der Waals surface area contributed by atoms with Crippen molar-refractivity contribution < 1.29 is 124 Å². The van der Waals surface area contributed by atoms with Crippen LogP contribution in [0, 0.1) is 56.7 Å². The first kappa shape index (κ1) is 64.3. The molecule has 5 aliphatic carbocycles. The first-order chi connectivity index (χ1) is 39.0. The van der Waals surface area contributed by atoms with Crippen LogP contribution in [0.4, 0.5) is 0 Å². The molecule has 0 aromatic heterocycles. The summed E-state index contributed by atoms with van der Waals surface area (Å²) in [5.41, 5.74) is -1.14. The van der Waals surface area contributed by atoms with Gasteiger partial charge < -0.3 is 119 Å². The van der Waals surface area contributed by atoms with Crippen molar-refractivity contribution >= 4 is 5.97 Å². The Kier molecular flexibility index (Phi) is 18.5. The second-order valence-electron chi connectivity index (χ2n) is 27.6. The first-order valence-corrected chi connectivity index (χ1v) is 30.1. The molecule has 0 aromatic carbocycles. The number of esters is 1. The average Bonchev–Trinajstić information content (AvgIpc) is 3.49. The monoisotopic (exact) mass is 1190 g/mol. The molecule has 25 nitrogen and oxygen atoms in total. The molecule has 14 N–H and O–H groups in total. The fraction of sp³-hybridized carbons (Fsp3) is 0.948. The van der Waals surface area contributed by atoms with Crippen LogP contribution in [0.3, 0.4) is 0 Å². The molecule has 83 heavy (non-hydrogen) atoms. The number of hydrogen-bond acceptors (Lipinski definition) is 25. The zero-order valence-electron chi connectivity index (χ0n) is 48.8. The molecule has 5 saturated heterocycles. The lowest BCUT2D eigenvalue weighted by atomic mass is 9.33. The van der Waals surface area contributed by atoms with Crippen molar-refractivity contribution in [2.24, 2.45) is 56.7 Å². The molecule has 5 aliphatic heterocycles. The van der Waals surface area contributed by atoms with Crippen LogP contribution in [0.15, 0.2) is 11.6 Å². The molecule has 0 radical (unpaired) electrons. The number of allylic oxidation sites excluding steroid dienone is 2. The van der Waals surface area contributed by atoms with Gasteiger partial charge in [0.05, 0.1) is 44.1 Å². The molecule has 0 amide bonds. The zero-order chi connectivity index (χ0) is 60.4. The molecule has 33 atom stereocenters. The third-order valence-corrected chi connectivity index (χ3v) is 23.0. The summed E-state index contributed by atoms with van der Waals surface area (Å²) in [4.78, 5) is 15.2. The van der Waals surface area contributed by atoms with Gasteiger partial charge in [0.1, 0.15) is 104 Å². The van der Waals surface area contributed by atoms with E-state index in [9.17, 15) is 71.5 Å². The second-order valence-corrected chi connectivity index (χ2v) is 27.6. The molecule has 10 aliphatic rings. The summed E-state index contributed by atoms with van der Waals surface area (Å²) >= 11 is 0. The lowest BCUT2D eigenvalue weighted by Gasteiger charge is -2.71. The van der Waals surface area contributed by atoms with Crippen LogP contribution >= 0.6 is 0 Å². The normalized spacial score (nSPS) is 55.4. The van der Waals surface area contributed by atoms with Gasteiger partial charge in [0.25, 0.3) is 0 Å². The van der Waals surface area contributed by atoms with Gasteiger partial charge in [-0.3, -0.25) is 4.79 Å². The maximum atomic E-state index is 15.2. The van der Waals surface area contributed by atoms with E-state index in [1.54, 1.807) is 0 Å². The lowest BCUT2D eigenvalue weighted by Crippen LogP contribution is -2.67. The van der Waals surface area contributed by atoms with Gasteiger partial charge in [0.2, 0.25) is 6.29 Å². The van der Waals surface area contributed by atoms with Crippen molar-refractivity contribution in [1.29, 1.82) is 0 Å². The highest BCUT2D eigenvalue weighted by Crippen LogP contribution is 2.76. The highest BCUT2D eigenvalue weighted by Gasteiger charge is 2.71. The number of fused-ring (bicyclic) bond motifs is 7. The van der Waals surface area contributed by atoms with Gasteiger partial charge in [-0.15, -0.1) is 0 Å². The van der Waals surface area contributed by atoms with Crippen LogP contribution in [-0.4, -0.2) is 251 Å². The van der Waals surface area contributed by atoms with Gasteiger partial charge in [0.15, 0.2) is 25.2 Å². The van der Waals surface area contributed by atoms with Crippen LogP contribution in [0.25, 0.3) is 0 Å².